The number of carbonyl (C=O) groups excluding carboxylic acids is 1. The Morgan fingerprint density at radius 1 is 1.00 bits per heavy atom. The van der Waals surface area contributed by atoms with E-state index in [-0.39, 0.29) is 11.4 Å². The van der Waals surface area contributed by atoms with E-state index in [2.05, 4.69) is 10.5 Å². The number of nitrogens with one attached hydrogen (secondary N) is 1. The number of nitrogens with zero attached hydrogens (tertiary/aromatic N) is 2. The predicted molar refractivity (Wildman–Crippen MR) is 132 cm³/mol. The molecular formula is C26H23N3O5S. The minimum Gasteiger partial charge on any atom is -0.476 e. The first-order chi connectivity index (χ1) is 16.8. The average Bonchev–Trinajstić information content (AvgIpc) is 3.21. The van der Waals surface area contributed by atoms with E-state index in [4.69, 9.17) is 9.26 Å². The van der Waals surface area contributed by atoms with Crippen LogP contribution in [0.4, 0.5) is 11.4 Å². The first kappa shape index (κ1) is 22.7. The fraction of sp³-hybridized carbons (Fsp3) is 0.154. The lowest BCUT2D eigenvalue weighted by molar-refractivity contribution is -0.122. The summed E-state index contributed by atoms with van der Waals surface area (Å²) in [5.41, 5.74) is 3.16. The maximum Gasteiger partial charge on any atom is 0.267 e. The molecule has 4 aromatic rings. The second kappa shape index (κ2) is 8.92. The highest BCUT2D eigenvalue weighted by molar-refractivity contribution is 7.92. The molecule has 9 heteroatoms. The van der Waals surface area contributed by atoms with E-state index in [1.165, 1.54) is 16.4 Å². The highest BCUT2D eigenvalue weighted by Gasteiger charge is 2.38. The van der Waals surface area contributed by atoms with E-state index >= 15 is 0 Å². The van der Waals surface area contributed by atoms with Crippen LogP contribution in [0.1, 0.15) is 11.5 Å². The summed E-state index contributed by atoms with van der Waals surface area (Å²) >= 11 is 0. The number of fused-ring (bicyclic) bond motifs is 1. The Hall–Kier alpha value is -4.11. The lowest BCUT2D eigenvalue weighted by Gasteiger charge is -2.35. The summed E-state index contributed by atoms with van der Waals surface area (Å²) < 4.78 is 40.0. The van der Waals surface area contributed by atoms with Gasteiger partial charge in [0, 0.05) is 11.3 Å². The van der Waals surface area contributed by atoms with Gasteiger partial charge in [0.1, 0.15) is 11.5 Å². The van der Waals surface area contributed by atoms with Crippen LogP contribution in [0.2, 0.25) is 0 Å². The van der Waals surface area contributed by atoms with Crippen molar-refractivity contribution in [2.24, 2.45) is 0 Å². The number of hydrogen-bond donors (Lipinski definition) is 1. The van der Waals surface area contributed by atoms with E-state index < -0.39 is 22.0 Å². The van der Waals surface area contributed by atoms with Gasteiger partial charge in [0.25, 0.3) is 15.9 Å². The Labute approximate surface area is 203 Å². The van der Waals surface area contributed by atoms with Gasteiger partial charge < -0.3 is 14.6 Å². The van der Waals surface area contributed by atoms with Gasteiger partial charge in [-0.2, -0.15) is 0 Å². The minimum atomic E-state index is -3.99. The van der Waals surface area contributed by atoms with E-state index in [0.29, 0.717) is 28.6 Å². The van der Waals surface area contributed by atoms with E-state index in [0.717, 1.165) is 11.1 Å². The molecule has 35 heavy (non-hydrogen) atoms. The van der Waals surface area contributed by atoms with Crippen molar-refractivity contribution >= 4 is 27.3 Å². The van der Waals surface area contributed by atoms with Gasteiger partial charge in [0.2, 0.25) is 0 Å². The third-order valence-electron chi connectivity index (χ3n) is 5.82. The Morgan fingerprint density at radius 2 is 1.69 bits per heavy atom. The normalized spacial score (nSPS) is 15.3. The fourth-order valence-electron chi connectivity index (χ4n) is 4.13. The van der Waals surface area contributed by atoms with Crippen molar-refractivity contribution in [3.05, 3.63) is 90.3 Å². The number of sulfonamides is 1. The molecule has 0 saturated heterocycles. The number of para-hydroxylation sites is 1. The molecule has 1 amide bonds. The summed E-state index contributed by atoms with van der Waals surface area (Å²) in [4.78, 5) is 13.2. The third-order valence-corrected chi connectivity index (χ3v) is 7.61. The largest absolute Gasteiger partial charge is 0.476 e. The molecule has 178 valence electrons. The van der Waals surface area contributed by atoms with Gasteiger partial charge >= 0.3 is 0 Å². The van der Waals surface area contributed by atoms with Gasteiger partial charge in [-0.05, 0) is 55.8 Å². The molecule has 0 fully saturated rings. The van der Waals surface area contributed by atoms with Crippen LogP contribution >= 0.6 is 0 Å². The molecule has 1 atom stereocenters. The van der Waals surface area contributed by atoms with Crippen molar-refractivity contribution in [1.29, 1.82) is 0 Å². The highest BCUT2D eigenvalue weighted by Crippen LogP contribution is 2.41. The van der Waals surface area contributed by atoms with Crippen LogP contribution in [-0.4, -0.2) is 32.1 Å². The number of amides is 1. The number of aryl methyl sites for hydroxylation is 2. The van der Waals surface area contributed by atoms with E-state index in [1.54, 1.807) is 67.6 Å². The molecule has 1 aromatic heterocycles. The van der Waals surface area contributed by atoms with Gasteiger partial charge in [0.15, 0.2) is 6.10 Å². The summed E-state index contributed by atoms with van der Waals surface area (Å²) in [6.45, 7) is 3.44. The molecule has 1 unspecified atom stereocenters. The van der Waals surface area contributed by atoms with Gasteiger partial charge in [-0.1, -0.05) is 47.6 Å². The smallest absolute Gasteiger partial charge is 0.267 e. The maximum atomic E-state index is 13.7. The average molecular weight is 490 g/mol. The molecule has 0 aliphatic carbocycles. The van der Waals surface area contributed by atoms with Crippen LogP contribution in [0.15, 0.2) is 88.3 Å². The zero-order chi connectivity index (χ0) is 24.6. The quantitative estimate of drug-likeness (QED) is 0.441. The molecule has 0 saturated carbocycles. The fourth-order valence-corrected chi connectivity index (χ4v) is 5.62. The molecule has 1 aliphatic heterocycles. The molecule has 2 heterocycles. The lowest BCUT2D eigenvalue weighted by Crippen LogP contribution is -2.48. The molecular weight excluding hydrogens is 466 g/mol. The van der Waals surface area contributed by atoms with Crippen molar-refractivity contribution in [3.63, 3.8) is 0 Å². The lowest BCUT2D eigenvalue weighted by atomic mass is 10.0. The van der Waals surface area contributed by atoms with Crippen molar-refractivity contribution < 1.29 is 22.5 Å². The Morgan fingerprint density at radius 3 is 2.34 bits per heavy atom. The summed E-state index contributed by atoms with van der Waals surface area (Å²) in [6, 6.07) is 22.3. The van der Waals surface area contributed by atoms with Crippen molar-refractivity contribution in [1.82, 2.24) is 5.16 Å². The van der Waals surface area contributed by atoms with Crippen LogP contribution in [-0.2, 0) is 14.8 Å². The monoisotopic (exact) mass is 489 g/mol. The van der Waals surface area contributed by atoms with Crippen LogP contribution < -0.4 is 14.4 Å². The Bertz CT molecular complexity index is 1460. The maximum absolute atomic E-state index is 13.7. The number of anilines is 2. The predicted octanol–water partition coefficient (Wildman–Crippen LogP) is 4.55. The summed E-state index contributed by atoms with van der Waals surface area (Å²) in [6.07, 6.45) is -1.05. The van der Waals surface area contributed by atoms with Crippen molar-refractivity contribution in [3.8, 4) is 16.9 Å². The first-order valence-corrected chi connectivity index (χ1v) is 12.5. The SMILES string of the molecule is Cc1noc(C)c1-c1ccc2c(c1)N(S(=O)(=O)c1ccccc1)CC(C(=O)Nc1ccccc1)O2. The number of rotatable bonds is 5. The molecule has 0 spiro atoms. The zero-order valence-electron chi connectivity index (χ0n) is 19.1. The Kier molecular flexibility index (Phi) is 5.78. The topological polar surface area (TPSA) is 102 Å². The van der Waals surface area contributed by atoms with Crippen LogP contribution in [0.25, 0.3) is 11.1 Å². The number of hydrogen-bond acceptors (Lipinski definition) is 6. The van der Waals surface area contributed by atoms with E-state index in [9.17, 15) is 13.2 Å². The highest BCUT2D eigenvalue weighted by atomic mass is 32.2. The molecule has 3 aromatic carbocycles. The molecule has 1 aliphatic rings. The van der Waals surface area contributed by atoms with Crippen molar-refractivity contribution in [2.45, 2.75) is 24.8 Å². The van der Waals surface area contributed by atoms with Crippen molar-refractivity contribution in [2.75, 3.05) is 16.2 Å². The van der Waals surface area contributed by atoms with Crippen LogP contribution in [0, 0.1) is 13.8 Å². The number of carbonyl (C=O) groups is 1. The third kappa shape index (κ3) is 4.26. The molecule has 8 nitrogen and oxygen atoms in total. The molecule has 5 rings (SSSR count). The zero-order valence-corrected chi connectivity index (χ0v) is 20.0. The number of ether oxygens (including phenoxy) is 1. The standard InChI is InChI=1S/C26H23N3O5S/c1-17-25(18(2)34-28-17)19-13-14-23-22(15-19)29(35(31,32)21-11-7-4-8-12-21)16-24(33-23)26(30)27-20-9-5-3-6-10-20/h3-15,24H,16H2,1-2H3,(H,27,30). The first-order valence-electron chi connectivity index (χ1n) is 11.0. The Balaban J connectivity index is 1.58. The number of benzene rings is 3. The summed E-state index contributed by atoms with van der Waals surface area (Å²) in [5, 5.41) is 6.80. The van der Waals surface area contributed by atoms with E-state index in [1.807, 2.05) is 13.0 Å². The summed E-state index contributed by atoms with van der Waals surface area (Å²) in [7, 11) is -3.99. The molecule has 0 bridgehead atoms. The minimum absolute atomic E-state index is 0.123. The molecule has 1 N–H and O–H groups in total. The molecule has 0 radical (unpaired) electrons. The van der Waals surface area contributed by atoms with Gasteiger partial charge in [-0.25, -0.2) is 8.42 Å². The second-order valence-corrected chi connectivity index (χ2v) is 10.1. The van der Waals surface area contributed by atoms with Crippen LogP contribution in [0.5, 0.6) is 5.75 Å². The van der Waals surface area contributed by atoms with Gasteiger partial charge in [0.05, 0.1) is 22.8 Å². The van der Waals surface area contributed by atoms with Gasteiger partial charge in [-0.3, -0.25) is 9.10 Å². The number of aromatic nitrogens is 1. The summed E-state index contributed by atoms with van der Waals surface area (Å²) in [5.74, 6) is 0.473. The second-order valence-electron chi connectivity index (χ2n) is 8.19. The van der Waals surface area contributed by atoms with Gasteiger partial charge in [-0.15, -0.1) is 0 Å². The van der Waals surface area contributed by atoms with Crippen LogP contribution in [0.3, 0.4) is 0 Å².